The van der Waals surface area contributed by atoms with Gasteiger partial charge in [-0.2, -0.15) is 0 Å². The van der Waals surface area contributed by atoms with E-state index in [2.05, 4.69) is 17.2 Å². The molecule has 0 aliphatic rings. The van der Waals surface area contributed by atoms with Crippen LogP contribution in [0.4, 0.5) is 0 Å². The van der Waals surface area contributed by atoms with Crippen molar-refractivity contribution in [3.8, 4) is 10.8 Å². The van der Waals surface area contributed by atoms with Gasteiger partial charge in [0, 0.05) is 10.9 Å². The van der Waals surface area contributed by atoms with Gasteiger partial charge in [0.2, 0.25) is 0 Å². The van der Waals surface area contributed by atoms with Crippen LogP contribution in [0.3, 0.4) is 0 Å². The van der Waals surface area contributed by atoms with Crippen LogP contribution in [-0.2, 0) is 0 Å². The minimum atomic E-state index is 0.335. The Bertz CT molecular complexity index is 487. The van der Waals surface area contributed by atoms with Crippen molar-refractivity contribution in [2.75, 3.05) is 7.05 Å². The molecule has 1 N–H and O–H groups in total. The minimum Gasteiger partial charge on any atom is -0.459 e. The second-order valence-electron chi connectivity index (χ2n) is 3.89. The van der Waals surface area contributed by atoms with Crippen LogP contribution in [0.2, 0.25) is 0 Å². The lowest BCUT2D eigenvalue weighted by Gasteiger charge is -2.06. The molecule has 0 amide bonds. The molecule has 0 fully saturated rings. The van der Waals surface area contributed by atoms with E-state index in [1.165, 1.54) is 4.88 Å². The van der Waals surface area contributed by atoms with Crippen LogP contribution in [-0.4, -0.2) is 12.0 Å². The van der Waals surface area contributed by atoms with E-state index in [4.69, 9.17) is 4.42 Å². The van der Waals surface area contributed by atoms with Crippen LogP contribution in [0.25, 0.3) is 10.8 Å². The van der Waals surface area contributed by atoms with Crippen molar-refractivity contribution >= 4 is 11.3 Å². The van der Waals surface area contributed by atoms with Gasteiger partial charge in [-0.05, 0) is 40.0 Å². The summed E-state index contributed by atoms with van der Waals surface area (Å²) < 4.78 is 5.58. The Balaban J connectivity index is 2.37. The Morgan fingerprint density at radius 2 is 2.12 bits per heavy atom. The standard InChI is InChI=1S/C12H16N2OS/c1-7-5-6-10(15-7)12-14-9(3)11(16-12)8(2)13-4/h5-6,8,13H,1-4H3. The number of hydrogen-bond donors (Lipinski definition) is 1. The van der Waals surface area contributed by atoms with Gasteiger partial charge in [-0.3, -0.25) is 0 Å². The van der Waals surface area contributed by atoms with E-state index in [1.54, 1.807) is 11.3 Å². The monoisotopic (exact) mass is 236 g/mol. The van der Waals surface area contributed by atoms with Crippen molar-refractivity contribution < 1.29 is 4.42 Å². The molecule has 1 atom stereocenters. The van der Waals surface area contributed by atoms with Crippen LogP contribution >= 0.6 is 11.3 Å². The molecule has 0 radical (unpaired) electrons. The highest BCUT2D eigenvalue weighted by Crippen LogP contribution is 2.32. The first-order valence-electron chi connectivity index (χ1n) is 5.33. The van der Waals surface area contributed by atoms with E-state index in [0.717, 1.165) is 22.2 Å². The maximum absolute atomic E-state index is 5.58. The zero-order valence-electron chi connectivity index (χ0n) is 10.00. The van der Waals surface area contributed by atoms with Crippen molar-refractivity contribution in [2.24, 2.45) is 0 Å². The molecule has 0 saturated carbocycles. The summed E-state index contributed by atoms with van der Waals surface area (Å²) >= 11 is 1.69. The number of hydrogen-bond acceptors (Lipinski definition) is 4. The number of furan rings is 1. The maximum Gasteiger partial charge on any atom is 0.162 e. The fourth-order valence-corrected chi connectivity index (χ4v) is 2.69. The number of aromatic nitrogens is 1. The SMILES string of the molecule is CNC(C)c1sc(-c2ccc(C)o2)nc1C. The Hall–Kier alpha value is -1.13. The van der Waals surface area contributed by atoms with E-state index in [-0.39, 0.29) is 0 Å². The molecule has 2 aromatic heterocycles. The molecule has 2 heterocycles. The van der Waals surface area contributed by atoms with Crippen molar-refractivity contribution in [2.45, 2.75) is 26.8 Å². The third kappa shape index (κ3) is 2.03. The van der Waals surface area contributed by atoms with Crippen LogP contribution in [0, 0.1) is 13.8 Å². The van der Waals surface area contributed by atoms with Gasteiger partial charge in [-0.25, -0.2) is 4.98 Å². The van der Waals surface area contributed by atoms with Crippen LogP contribution in [0.15, 0.2) is 16.5 Å². The molecule has 2 aromatic rings. The maximum atomic E-state index is 5.58. The number of aryl methyl sites for hydroxylation is 2. The summed E-state index contributed by atoms with van der Waals surface area (Å²) in [5.74, 6) is 1.78. The number of nitrogens with one attached hydrogen (secondary N) is 1. The Labute approximate surface area is 99.5 Å². The average molecular weight is 236 g/mol. The Morgan fingerprint density at radius 1 is 1.38 bits per heavy atom. The summed E-state index contributed by atoms with van der Waals surface area (Å²) in [6.07, 6.45) is 0. The number of rotatable bonds is 3. The normalized spacial score (nSPS) is 13.0. The summed E-state index contributed by atoms with van der Waals surface area (Å²) in [5.41, 5.74) is 1.08. The van der Waals surface area contributed by atoms with Gasteiger partial charge in [-0.15, -0.1) is 11.3 Å². The Morgan fingerprint density at radius 3 is 2.69 bits per heavy atom. The molecule has 0 aliphatic heterocycles. The molecule has 3 nitrogen and oxygen atoms in total. The topological polar surface area (TPSA) is 38.1 Å². The summed E-state index contributed by atoms with van der Waals surface area (Å²) in [4.78, 5) is 5.82. The van der Waals surface area contributed by atoms with Crippen molar-refractivity contribution in [1.29, 1.82) is 0 Å². The van der Waals surface area contributed by atoms with Gasteiger partial charge in [0.25, 0.3) is 0 Å². The van der Waals surface area contributed by atoms with Crippen LogP contribution in [0.5, 0.6) is 0 Å². The predicted octanol–water partition coefficient (Wildman–Crippen LogP) is 3.30. The molecular weight excluding hydrogens is 220 g/mol. The minimum absolute atomic E-state index is 0.335. The molecule has 16 heavy (non-hydrogen) atoms. The van der Waals surface area contributed by atoms with Gasteiger partial charge >= 0.3 is 0 Å². The fourth-order valence-electron chi connectivity index (χ4n) is 1.60. The van der Waals surface area contributed by atoms with Crippen molar-refractivity contribution in [3.63, 3.8) is 0 Å². The molecule has 0 aliphatic carbocycles. The highest BCUT2D eigenvalue weighted by Gasteiger charge is 2.15. The van der Waals surface area contributed by atoms with E-state index in [0.29, 0.717) is 6.04 Å². The second kappa shape index (κ2) is 4.39. The molecule has 0 bridgehead atoms. The van der Waals surface area contributed by atoms with Crippen LogP contribution in [0.1, 0.15) is 29.3 Å². The molecular formula is C12H16N2OS. The molecule has 2 rings (SSSR count). The van der Waals surface area contributed by atoms with Crippen molar-refractivity contribution in [1.82, 2.24) is 10.3 Å². The molecule has 1 unspecified atom stereocenters. The number of thiazole rings is 1. The van der Waals surface area contributed by atoms with E-state index in [1.807, 2.05) is 33.0 Å². The quantitative estimate of drug-likeness (QED) is 0.888. The Kier molecular flexibility index (Phi) is 3.12. The van der Waals surface area contributed by atoms with Crippen molar-refractivity contribution in [3.05, 3.63) is 28.5 Å². The second-order valence-corrected chi connectivity index (χ2v) is 4.92. The first-order valence-corrected chi connectivity index (χ1v) is 6.15. The van der Waals surface area contributed by atoms with E-state index < -0.39 is 0 Å². The van der Waals surface area contributed by atoms with E-state index >= 15 is 0 Å². The third-order valence-corrected chi connectivity index (χ3v) is 3.96. The lowest BCUT2D eigenvalue weighted by molar-refractivity contribution is 0.548. The first-order chi connectivity index (χ1) is 7.61. The molecule has 0 saturated heterocycles. The summed E-state index contributed by atoms with van der Waals surface area (Å²) in [6.45, 7) is 6.12. The number of nitrogens with zero attached hydrogens (tertiary/aromatic N) is 1. The first kappa shape index (κ1) is 11.4. The largest absolute Gasteiger partial charge is 0.459 e. The van der Waals surface area contributed by atoms with Gasteiger partial charge in [-0.1, -0.05) is 0 Å². The van der Waals surface area contributed by atoms with Gasteiger partial charge in [0.1, 0.15) is 5.76 Å². The predicted molar refractivity (Wildman–Crippen MR) is 66.8 cm³/mol. The zero-order chi connectivity index (χ0) is 11.7. The van der Waals surface area contributed by atoms with Gasteiger partial charge in [0.05, 0.1) is 5.69 Å². The highest BCUT2D eigenvalue weighted by molar-refractivity contribution is 7.15. The highest BCUT2D eigenvalue weighted by atomic mass is 32.1. The van der Waals surface area contributed by atoms with Crippen LogP contribution < -0.4 is 5.32 Å². The third-order valence-electron chi connectivity index (χ3n) is 2.61. The summed E-state index contributed by atoms with van der Waals surface area (Å²) in [6, 6.07) is 4.27. The molecule has 0 spiro atoms. The summed E-state index contributed by atoms with van der Waals surface area (Å²) in [5, 5.41) is 4.19. The smallest absolute Gasteiger partial charge is 0.162 e. The molecule has 0 aromatic carbocycles. The van der Waals surface area contributed by atoms with Gasteiger partial charge in [0.15, 0.2) is 10.8 Å². The lowest BCUT2D eigenvalue weighted by Crippen LogP contribution is -2.11. The molecule has 4 heteroatoms. The lowest BCUT2D eigenvalue weighted by atomic mass is 10.2. The zero-order valence-corrected chi connectivity index (χ0v) is 10.8. The molecule has 86 valence electrons. The summed E-state index contributed by atoms with van der Waals surface area (Å²) in [7, 11) is 1.96. The van der Waals surface area contributed by atoms with E-state index in [9.17, 15) is 0 Å². The van der Waals surface area contributed by atoms with Gasteiger partial charge < -0.3 is 9.73 Å². The fraction of sp³-hybridized carbons (Fsp3) is 0.417. The average Bonchev–Trinajstić information content (AvgIpc) is 2.83.